The zero-order valence-electron chi connectivity index (χ0n) is 8.90. The van der Waals surface area contributed by atoms with Gasteiger partial charge in [0.05, 0.1) is 10.7 Å². The van der Waals surface area contributed by atoms with Crippen LogP contribution in [0.4, 0.5) is 0 Å². The first-order valence-corrected chi connectivity index (χ1v) is 5.84. The maximum absolute atomic E-state index is 11.9. The second kappa shape index (κ2) is 5.42. The van der Waals surface area contributed by atoms with Crippen molar-refractivity contribution in [2.45, 2.75) is 39.3 Å². The molecule has 1 aromatic rings. The Balaban J connectivity index is 2.94. The van der Waals surface area contributed by atoms with Crippen LogP contribution in [0.15, 0.2) is 10.7 Å². The minimum absolute atomic E-state index is 0.261. The summed E-state index contributed by atoms with van der Waals surface area (Å²) in [4.78, 5) is 11.9. The molecule has 0 spiro atoms. The third-order valence-corrected chi connectivity index (χ3v) is 2.77. The number of aryl methyl sites for hydroxylation is 1. The predicted molar refractivity (Wildman–Crippen MR) is 60.8 cm³/mol. The average Bonchev–Trinajstić information content (AvgIpc) is 2.58. The van der Waals surface area contributed by atoms with Crippen LogP contribution in [-0.2, 0) is 6.54 Å². The van der Waals surface area contributed by atoms with Gasteiger partial charge >= 0.3 is 0 Å². The van der Waals surface area contributed by atoms with Crippen molar-refractivity contribution in [3.8, 4) is 0 Å². The number of aliphatic hydroxyl groups is 1. The number of ketones is 1. The first-order valence-electron chi connectivity index (χ1n) is 5.05. The van der Waals surface area contributed by atoms with Crippen LogP contribution in [0, 0.1) is 0 Å². The quantitative estimate of drug-likeness (QED) is 0.836. The van der Waals surface area contributed by atoms with Crippen molar-refractivity contribution in [1.29, 1.82) is 0 Å². The van der Waals surface area contributed by atoms with E-state index in [0.29, 0.717) is 23.1 Å². The molecule has 0 bridgehead atoms. The average molecular weight is 275 g/mol. The Hall–Kier alpha value is -0.680. The fraction of sp³-hybridized carbons (Fsp3) is 0.600. The maximum atomic E-state index is 11.9. The van der Waals surface area contributed by atoms with Gasteiger partial charge in [0.2, 0.25) is 5.78 Å². The molecule has 5 heteroatoms. The van der Waals surface area contributed by atoms with Gasteiger partial charge in [0.1, 0.15) is 11.8 Å². The Morgan fingerprint density at radius 3 is 2.87 bits per heavy atom. The Kier molecular flexibility index (Phi) is 4.47. The molecule has 1 N–H and O–H groups in total. The molecule has 1 unspecified atom stereocenters. The van der Waals surface area contributed by atoms with Gasteiger partial charge in [-0.25, -0.2) is 0 Å². The molecule has 0 saturated heterocycles. The summed E-state index contributed by atoms with van der Waals surface area (Å²) in [6.45, 7) is 4.45. The largest absolute Gasteiger partial charge is 0.385 e. The predicted octanol–water partition coefficient (Wildman–Crippen LogP) is 2.01. The van der Waals surface area contributed by atoms with Gasteiger partial charge in [-0.05, 0) is 29.3 Å². The fourth-order valence-corrected chi connectivity index (χ4v) is 1.90. The Morgan fingerprint density at radius 2 is 2.33 bits per heavy atom. The molecule has 84 valence electrons. The Morgan fingerprint density at radius 1 is 1.67 bits per heavy atom. The van der Waals surface area contributed by atoms with E-state index in [1.165, 1.54) is 0 Å². The highest BCUT2D eigenvalue weighted by atomic mass is 79.9. The first-order chi connectivity index (χ1) is 7.11. The van der Waals surface area contributed by atoms with Crippen LogP contribution < -0.4 is 0 Å². The molecule has 0 aliphatic heterocycles. The van der Waals surface area contributed by atoms with E-state index in [0.717, 1.165) is 6.42 Å². The molecule has 0 radical (unpaired) electrons. The van der Waals surface area contributed by atoms with E-state index in [-0.39, 0.29) is 5.78 Å². The molecule has 1 heterocycles. The van der Waals surface area contributed by atoms with Crippen LogP contribution in [0.5, 0.6) is 0 Å². The van der Waals surface area contributed by atoms with Crippen molar-refractivity contribution in [2.75, 3.05) is 0 Å². The minimum Gasteiger partial charge on any atom is -0.385 e. The smallest absolute Gasteiger partial charge is 0.210 e. The molecule has 1 aromatic heterocycles. The number of carbonyl (C=O) groups is 1. The molecule has 0 fully saturated rings. The number of hydrogen-bond donors (Lipinski definition) is 1. The molecule has 0 aliphatic carbocycles. The number of nitrogens with zero attached hydrogens (tertiary/aromatic N) is 2. The molecule has 0 aliphatic rings. The summed E-state index contributed by atoms with van der Waals surface area (Å²) in [5.41, 5.74) is 0.457. The topological polar surface area (TPSA) is 55.1 Å². The highest BCUT2D eigenvalue weighted by Gasteiger charge is 2.22. The first kappa shape index (κ1) is 12.4. The lowest BCUT2D eigenvalue weighted by Gasteiger charge is -2.09. The lowest BCUT2D eigenvalue weighted by molar-refractivity contribution is 0.0717. The normalized spacial score (nSPS) is 12.8. The van der Waals surface area contributed by atoms with Crippen molar-refractivity contribution in [3.63, 3.8) is 0 Å². The van der Waals surface area contributed by atoms with E-state index >= 15 is 0 Å². The number of carbonyl (C=O) groups excluding carboxylic acids is 1. The molecule has 1 rings (SSSR count). The van der Waals surface area contributed by atoms with E-state index < -0.39 is 6.10 Å². The zero-order chi connectivity index (χ0) is 11.4. The molecular weight excluding hydrogens is 260 g/mol. The molecule has 0 saturated carbocycles. The summed E-state index contributed by atoms with van der Waals surface area (Å²) in [5, 5.41) is 13.7. The number of halogens is 1. The third kappa shape index (κ3) is 2.66. The maximum Gasteiger partial charge on any atom is 0.210 e. The van der Waals surface area contributed by atoms with Gasteiger partial charge in [0.15, 0.2) is 0 Å². The SMILES string of the molecule is CCCC(O)C(=O)c1c(Br)cnn1CC. The lowest BCUT2D eigenvalue weighted by Crippen LogP contribution is -2.23. The summed E-state index contributed by atoms with van der Waals surface area (Å²) >= 11 is 3.26. The highest BCUT2D eigenvalue weighted by Crippen LogP contribution is 2.19. The number of rotatable bonds is 5. The lowest BCUT2D eigenvalue weighted by atomic mass is 10.1. The van der Waals surface area contributed by atoms with E-state index in [1.54, 1.807) is 10.9 Å². The van der Waals surface area contributed by atoms with Gasteiger partial charge in [0, 0.05) is 6.54 Å². The van der Waals surface area contributed by atoms with Crippen molar-refractivity contribution in [2.24, 2.45) is 0 Å². The van der Waals surface area contributed by atoms with E-state index in [1.807, 2.05) is 13.8 Å². The van der Waals surface area contributed by atoms with Crippen molar-refractivity contribution < 1.29 is 9.90 Å². The van der Waals surface area contributed by atoms with Crippen LogP contribution in [0.2, 0.25) is 0 Å². The van der Waals surface area contributed by atoms with Gasteiger partial charge in [-0.1, -0.05) is 13.3 Å². The standard InChI is InChI=1S/C10H15BrN2O2/c1-3-5-8(14)10(15)9-7(11)6-12-13(9)4-2/h6,8,14H,3-5H2,1-2H3. The number of Topliss-reactive ketones (excluding diaryl/α,β-unsaturated/α-hetero) is 1. The molecule has 0 aromatic carbocycles. The van der Waals surface area contributed by atoms with E-state index in [9.17, 15) is 9.90 Å². The monoisotopic (exact) mass is 274 g/mol. The summed E-state index contributed by atoms with van der Waals surface area (Å²) in [6, 6.07) is 0. The molecule has 15 heavy (non-hydrogen) atoms. The Bertz CT molecular complexity index is 349. The van der Waals surface area contributed by atoms with Gasteiger partial charge in [-0.15, -0.1) is 0 Å². The number of aliphatic hydroxyl groups excluding tert-OH is 1. The summed E-state index contributed by atoms with van der Waals surface area (Å²) in [7, 11) is 0. The third-order valence-electron chi connectivity index (χ3n) is 2.19. The van der Waals surface area contributed by atoms with Gasteiger partial charge < -0.3 is 5.11 Å². The summed E-state index contributed by atoms with van der Waals surface area (Å²) in [5.74, 6) is -0.261. The van der Waals surface area contributed by atoms with Gasteiger partial charge in [-0.2, -0.15) is 5.10 Å². The molecular formula is C10H15BrN2O2. The van der Waals surface area contributed by atoms with E-state index in [2.05, 4.69) is 21.0 Å². The minimum atomic E-state index is -0.923. The summed E-state index contributed by atoms with van der Waals surface area (Å²) in [6.07, 6.45) is 1.92. The van der Waals surface area contributed by atoms with Crippen molar-refractivity contribution in [1.82, 2.24) is 9.78 Å². The van der Waals surface area contributed by atoms with Crippen LogP contribution in [0.25, 0.3) is 0 Å². The molecule has 1 atom stereocenters. The van der Waals surface area contributed by atoms with Gasteiger partial charge in [0.25, 0.3) is 0 Å². The van der Waals surface area contributed by atoms with Crippen LogP contribution in [0.1, 0.15) is 37.2 Å². The van der Waals surface area contributed by atoms with Crippen LogP contribution in [0.3, 0.4) is 0 Å². The van der Waals surface area contributed by atoms with E-state index in [4.69, 9.17) is 0 Å². The van der Waals surface area contributed by atoms with Crippen molar-refractivity contribution >= 4 is 21.7 Å². The van der Waals surface area contributed by atoms with Gasteiger partial charge in [-0.3, -0.25) is 9.48 Å². The van der Waals surface area contributed by atoms with Crippen LogP contribution in [-0.4, -0.2) is 26.8 Å². The highest BCUT2D eigenvalue weighted by molar-refractivity contribution is 9.10. The Labute approximate surface area is 97.4 Å². The summed E-state index contributed by atoms with van der Waals surface area (Å²) < 4.78 is 2.23. The second-order valence-electron chi connectivity index (χ2n) is 3.33. The number of hydrogen-bond acceptors (Lipinski definition) is 3. The van der Waals surface area contributed by atoms with Crippen molar-refractivity contribution in [3.05, 3.63) is 16.4 Å². The second-order valence-corrected chi connectivity index (χ2v) is 4.18. The molecule has 0 amide bonds. The fourth-order valence-electron chi connectivity index (χ4n) is 1.41. The zero-order valence-corrected chi connectivity index (χ0v) is 10.5. The molecule has 4 nitrogen and oxygen atoms in total. The number of aromatic nitrogens is 2. The van der Waals surface area contributed by atoms with Crippen LogP contribution >= 0.6 is 15.9 Å².